The second-order valence-corrected chi connectivity index (χ2v) is 6.28. The third kappa shape index (κ3) is 5.21. The number of amides is 1. The van der Waals surface area contributed by atoms with E-state index in [0.717, 1.165) is 0 Å². The number of carbonyl (C=O) groups is 1. The smallest absolute Gasteiger partial charge is 0.271 e. The molecule has 0 spiro atoms. The second kappa shape index (κ2) is 7.03. The topological polar surface area (TPSA) is 101 Å². The Morgan fingerprint density at radius 3 is 2.68 bits per heavy atom. The molecular formula is C11H18N4O3S. The summed E-state index contributed by atoms with van der Waals surface area (Å²) in [6.45, 7) is 4.23. The van der Waals surface area contributed by atoms with Crippen LogP contribution in [0.4, 0.5) is 5.82 Å². The number of rotatable bonds is 7. The van der Waals surface area contributed by atoms with Crippen molar-refractivity contribution in [3.63, 3.8) is 0 Å². The molecule has 0 aliphatic rings. The number of anilines is 1. The predicted molar refractivity (Wildman–Crippen MR) is 72.9 cm³/mol. The molecule has 1 aromatic heterocycles. The summed E-state index contributed by atoms with van der Waals surface area (Å²) in [7, 11) is -3.08. The molecule has 1 aromatic rings. The van der Waals surface area contributed by atoms with Gasteiger partial charge in [0.05, 0.1) is 18.1 Å². The van der Waals surface area contributed by atoms with Gasteiger partial charge in [-0.2, -0.15) is 0 Å². The van der Waals surface area contributed by atoms with Crippen molar-refractivity contribution in [1.82, 2.24) is 15.3 Å². The third-order valence-corrected chi connectivity index (χ3v) is 4.07. The van der Waals surface area contributed by atoms with Gasteiger partial charge in [0.25, 0.3) is 5.91 Å². The van der Waals surface area contributed by atoms with Crippen LogP contribution in [0.1, 0.15) is 24.3 Å². The van der Waals surface area contributed by atoms with Crippen molar-refractivity contribution in [1.29, 1.82) is 0 Å². The Bertz CT molecular complexity index is 530. The van der Waals surface area contributed by atoms with Crippen LogP contribution in [-0.2, 0) is 9.84 Å². The fraction of sp³-hybridized carbons (Fsp3) is 0.545. The van der Waals surface area contributed by atoms with Crippen LogP contribution >= 0.6 is 0 Å². The number of hydrogen-bond acceptors (Lipinski definition) is 6. The zero-order valence-electron chi connectivity index (χ0n) is 11.0. The lowest BCUT2D eigenvalue weighted by Gasteiger charge is -2.06. The predicted octanol–water partition coefficient (Wildman–Crippen LogP) is 0.0729. The average Bonchev–Trinajstić information content (AvgIpc) is 2.39. The second-order valence-electron chi connectivity index (χ2n) is 3.81. The van der Waals surface area contributed by atoms with Crippen LogP contribution in [-0.4, -0.2) is 48.9 Å². The average molecular weight is 286 g/mol. The molecule has 0 aliphatic carbocycles. The fourth-order valence-corrected chi connectivity index (χ4v) is 2.00. The fourth-order valence-electron chi connectivity index (χ4n) is 1.30. The van der Waals surface area contributed by atoms with Crippen LogP contribution in [0, 0.1) is 0 Å². The molecule has 19 heavy (non-hydrogen) atoms. The highest BCUT2D eigenvalue weighted by Crippen LogP contribution is 2.01. The van der Waals surface area contributed by atoms with Gasteiger partial charge >= 0.3 is 0 Å². The Balaban J connectivity index is 2.56. The van der Waals surface area contributed by atoms with Crippen LogP contribution in [0.3, 0.4) is 0 Å². The van der Waals surface area contributed by atoms with E-state index in [2.05, 4.69) is 20.6 Å². The van der Waals surface area contributed by atoms with E-state index >= 15 is 0 Å². The molecule has 0 bridgehead atoms. The largest absolute Gasteiger partial charge is 0.369 e. The van der Waals surface area contributed by atoms with Gasteiger partial charge in [-0.05, 0) is 6.92 Å². The summed E-state index contributed by atoms with van der Waals surface area (Å²) in [6, 6.07) is 0. The van der Waals surface area contributed by atoms with Crippen molar-refractivity contribution in [2.24, 2.45) is 0 Å². The van der Waals surface area contributed by atoms with Crippen LogP contribution in [0.2, 0.25) is 0 Å². The van der Waals surface area contributed by atoms with E-state index in [0.29, 0.717) is 12.4 Å². The molecule has 0 aliphatic heterocycles. The van der Waals surface area contributed by atoms with E-state index in [1.54, 1.807) is 6.92 Å². The molecule has 1 heterocycles. The van der Waals surface area contributed by atoms with E-state index in [4.69, 9.17) is 0 Å². The van der Waals surface area contributed by atoms with Gasteiger partial charge in [0.15, 0.2) is 9.84 Å². The summed E-state index contributed by atoms with van der Waals surface area (Å²) in [5, 5.41) is 5.45. The molecule has 0 unspecified atom stereocenters. The molecule has 2 N–H and O–H groups in total. The van der Waals surface area contributed by atoms with Gasteiger partial charge < -0.3 is 10.6 Å². The lowest BCUT2D eigenvalue weighted by molar-refractivity contribution is 0.0951. The maximum Gasteiger partial charge on any atom is 0.271 e. The molecule has 106 valence electrons. The molecule has 7 nitrogen and oxygen atoms in total. The minimum absolute atomic E-state index is 0.0680. The monoisotopic (exact) mass is 286 g/mol. The normalized spacial score (nSPS) is 11.1. The molecule has 0 saturated heterocycles. The van der Waals surface area contributed by atoms with Gasteiger partial charge in [0.1, 0.15) is 11.5 Å². The Kier molecular flexibility index (Phi) is 5.68. The first kappa shape index (κ1) is 15.4. The van der Waals surface area contributed by atoms with Crippen molar-refractivity contribution in [3.8, 4) is 0 Å². The number of carbonyl (C=O) groups excluding carboxylic acids is 1. The van der Waals surface area contributed by atoms with Gasteiger partial charge in [0, 0.05) is 18.8 Å². The first-order valence-corrected chi connectivity index (χ1v) is 7.85. The molecule has 0 radical (unpaired) electrons. The first-order chi connectivity index (χ1) is 8.98. The van der Waals surface area contributed by atoms with E-state index in [-0.39, 0.29) is 23.7 Å². The summed E-state index contributed by atoms with van der Waals surface area (Å²) < 4.78 is 22.5. The number of nitrogens with zero attached hydrogens (tertiary/aromatic N) is 2. The molecule has 0 fully saturated rings. The molecular weight excluding hydrogens is 268 g/mol. The van der Waals surface area contributed by atoms with Crippen LogP contribution < -0.4 is 10.6 Å². The molecule has 0 aromatic carbocycles. The quantitative estimate of drug-likeness (QED) is 0.735. The summed E-state index contributed by atoms with van der Waals surface area (Å²) in [6.07, 6.45) is 2.85. The Morgan fingerprint density at radius 1 is 1.32 bits per heavy atom. The highest BCUT2D eigenvalue weighted by Gasteiger charge is 2.11. The van der Waals surface area contributed by atoms with E-state index < -0.39 is 15.7 Å². The van der Waals surface area contributed by atoms with Gasteiger partial charge in [-0.15, -0.1) is 0 Å². The van der Waals surface area contributed by atoms with Crippen molar-refractivity contribution in [2.45, 2.75) is 13.8 Å². The van der Waals surface area contributed by atoms with Crippen molar-refractivity contribution >= 4 is 21.6 Å². The molecule has 8 heteroatoms. The van der Waals surface area contributed by atoms with Gasteiger partial charge in [-0.1, -0.05) is 6.92 Å². The van der Waals surface area contributed by atoms with Crippen molar-refractivity contribution in [3.05, 3.63) is 18.1 Å². The minimum Gasteiger partial charge on any atom is -0.369 e. The van der Waals surface area contributed by atoms with Gasteiger partial charge in [0.2, 0.25) is 0 Å². The van der Waals surface area contributed by atoms with Crippen LogP contribution in [0.15, 0.2) is 12.4 Å². The van der Waals surface area contributed by atoms with E-state index in [1.807, 2.05) is 6.92 Å². The number of aromatic nitrogens is 2. The van der Waals surface area contributed by atoms with Crippen LogP contribution in [0.25, 0.3) is 0 Å². The molecule has 0 atom stereocenters. The van der Waals surface area contributed by atoms with Gasteiger partial charge in [-0.3, -0.25) is 9.78 Å². The molecule has 1 amide bonds. The maximum atomic E-state index is 11.7. The Morgan fingerprint density at radius 2 is 2.05 bits per heavy atom. The van der Waals surface area contributed by atoms with E-state index in [9.17, 15) is 13.2 Å². The number of sulfone groups is 1. The van der Waals surface area contributed by atoms with Crippen LogP contribution in [0.5, 0.6) is 0 Å². The lowest BCUT2D eigenvalue weighted by Crippen LogP contribution is -2.30. The third-order valence-electron chi connectivity index (χ3n) is 2.36. The van der Waals surface area contributed by atoms with Crippen molar-refractivity contribution in [2.75, 3.05) is 29.9 Å². The first-order valence-electron chi connectivity index (χ1n) is 6.03. The maximum absolute atomic E-state index is 11.7. The van der Waals surface area contributed by atoms with Crippen molar-refractivity contribution < 1.29 is 13.2 Å². The highest BCUT2D eigenvalue weighted by atomic mass is 32.2. The molecule has 1 rings (SSSR count). The SMILES string of the molecule is CCNc1cncc(C(=O)NCCS(=O)(=O)CC)n1. The lowest BCUT2D eigenvalue weighted by atomic mass is 10.4. The zero-order valence-corrected chi connectivity index (χ0v) is 11.8. The van der Waals surface area contributed by atoms with Gasteiger partial charge in [-0.25, -0.2) is 13.4 Å². The molecule has 0 saturated carbocycles. The summed E-state index contributed by atoms with van der Waals surface area (Å²) in [5.41, 5.74) is 0.160. The summed E-state index contributed by atoms with van der Waals surface area (Å²) in [4.78, 5) is 19.7. The highest BCUT2D eigenvalue weighted by molar-refractivity contribution is 7.91. The van der Waals surface area contributed by atoms with E-state index in [1.165, 1.54) is 12.4 Å². The summed E-state index contributed by atoms with van der Waals surface area (Å²) >= 11 is 0. The minimum atomic E-state index is -3.08. The Labute approximate surface area is 112 Å². The standard InChI is InChI=1S/C11H18N4O3S/c1-3-13-10-8-12-7-9(15-10)11(16)14-5-6-19(17,18)4-2/h7-8H,3-6H2,1-2H3,(H,13,15)(H,14,16). The summed E-state index contributed by atoms with van der Waals surface area (Å²) in [5.74, 6) is 0.0728. The number of hydrogen-bond donors (Lipinski definition) is 2. The number of nitrogens with one attached hydrogen (secondary N) is 2. The Hall–Kier alpha value is -1.70. The zero-order chi connectivity index (χ0) is 14.3.